The molecule has 3 nitrogen and oxygen atoms in total. The third-order valence-corrected chi connectivity index (χ3v) is 4.81. The fourth-order valence-electron chi connectivity index (χ4n) is 2.60. The van der Waals surface area contributed by atoms with Crippen LogP contribution in [0.4, 0.5) is 0 Å². The van der Waals surface area contributed by atoms with Crippen molar-refractivity contribution in [3.63, 3.8) is 0 Å². The SMILES string of the molecule is CC1(NC(=O)c2csc3ccccc23)CCNCC1.Cl. The van der Waals surface area contributed by atoms with Gasteiger partial charge in [-0.2, -0.15) is 0 Å². The quantitative estimate of drug-likeness (QED) is 0.894. The maximum absolute atomic E-state index is 12.5. The first-order valence-electron chi connectivity index (χ1n) is 6.67. The number of benzene rings is 1. The first kappa shape index (κ1) is 15.3. The van der Waals surface area contributed by atoms with E-state index >= 15 is 0 Å². The van der Waals surface area contributed by atoms with E-state index < -0.39 is 0 Å². The smallest absolute Gasteiger partial charge is 0.253 e. The molecule has 1 aromatic carbocycles. The molecule has 1 aromatic heterocycles. The summed E-state index contributed by atoms with van der Waals surface area (Å²) in [7, 11) is 0. The van der Waals surface area contributed by atoms with Gasteiger partial charge >= 0.3 is 0 Å². The molecule has 0 spiro atoms. The number of carbonyl (C=O) groups is 1. The molecule has 0 bridgehead atoms. The molecule has 1 aliphatic heterocycles. The number of fused-ring (bicyclic) bond motifs is 1. The first-order valence-corrected chi connectivity index (χ1v) is 7.55. The van der Waals surface area contributed by atoms with Crippen LogP contribution in [0.1, 0.15) is 30.1 Å². The summed E-state index contributed by atoms with van der Waals surface area (Å²) in [5.41, 5.74) is 0.728. The third-order valence-electron chi connectivity index (χ3n) is 3.85. The number of thiophene rings is 1. The molecule has 0 saturated carbocycles. The molecule has 2 heterocycles. The molecule has 0 aliphatic carbocycles. The van der Waals surface area contributed by atoms with E-state index in [1.54, 1.807) is 11.3 Å². The lowest BCUT2D eigenvalue weighted by molar-refractivity contribution is 0.0889. The van der Waals surface area contributed by atoms with Gasteiger partial charge in [-0.25, -0.2) is 0 Å². The molecule has 1 saturated heterocycles. The predicted octanol–water partition coefficient (Wildman–Crippen LogP) is 3.20. The Morgan fingerprint density at radius 2 is 2.00 bits per heavy atom. The minimum absolute atomic E-state index is 0. The predicted molar refractivity (Wildman–Crippen MR) is 87.0 cm³/mol. The van der Waals surface area contributed by atoms with Crippen molar-refractivity contribution in [2.45, 2.75) is 25.3 Å². The molecule has 2 N–H and O–H groups in total. The van der Waals surface area contributed by atoms with Crippen LogP contribution in [0.3, 0.4) is 0 Å². The highest BCUT2D eigenvalue weighted by Gasteiger charge is 2.29. The molecule has 5 heteroatoms. The van der Waals surface area contributed by atoms with Gasteiger partial charge in [-0.1, -0.05) is 18.2 Å². The van der Waals surface area contributed by atoms with E-state index in [1.807, 2.05) is 23.6 Å². The number of carbonyl (C=O) groups excluding carboxylic acids is 1. The van der Waals surface area contributed by atoms with E-state index in [0.717, 1.165) is 36.9 Å². The molecule has 1 aliphatic rings. The van der Waals surface area contributed by atoms with Gasteiger partial charge in [0.25, 0.3) is 5.91 Å². The van der Waals surface area contributed by atoms with E-state index in [-0.39, 0.29) is 23.9 Å². The Bertz CT molecular complexity index is 605. The van der Waals surface area contributed by atoms with Crippen molar-refractivity contribution < 1.29 is 4.79 Å². The Morgan fingerprint density at radius 3 is 2.75 bits per heavy atom. The number of nitrogens with one attached hydrogen (secondary N) is 2. The van der Waals surface area contributed by atoms with Crippen molar-refractivity contribution in [2.24, 2.45) is 0 Å². The summed E-state index contributed by atoms with van der Waals surface area (Å²) in [6.45, 7) is 4.09. The van der Waals surface area contributed by atoms with Crippen molar-refractivity contribution >= 4 is 39.7 Å². The van der Waals surface area contributed by atoms with Crippen LogP contribution >= 0.6 is 23.7 Å². The Balaban J connectivity index is 0.00000147. The molecular formula is C15H19ClN2OS. The maximum Gasteiger partial charge on any atom is 0.253 e. The van der Waals surface area contributed by atoms with Crippen LogP contribution in [0.2, 0.25) is 0 Å². The molecule has 0 radical (unpaired) electrons. The van der Waals surface area contributed by atoms with E-state index in [4.69, 9.17) is 0 Å². The second-order valence-corrected chi connectivity index (χ2v) is 6.32. The van der Waals surface area contributed by atoms with Gasteiger partial charge in [-0.3, -0.25) is 4.79 Å². The van der Waals surface area contributed by atoms with Gasteiger partial charge in [-0.15, -0.1) is 23.7 Å². The number of amides is 1. The number of hydrogen-bond donors (Lipinski definition) is 2. The van der Waals surface area contributed by atoms with Gasteiger partial charge in [0, 0.05) is 21.0 Å². The summed E-state index contributed by atoms with van der Waals surface area (Å²) in [4.78, 5) is 12.5. The summed E-state index contributed by atoms with van der Waals surface area (Å²) in [6.07, 6.45) is 1.97. The summed E-state index contributed by atoms with van der Waals surface area (Å²) >= 11 is 1.63. The summed E-state index contributed by atoms with van der Waals surface area (Å²) in [6, 6.07) is 8.07. The van der Waals surface area contributed by atoms with E-state index in [9.17, 15) is 4.79 Å². The fourth-order valence-corrected chi connectivity index (χ4v) is 3.54. The zero-order valence-electron chi connectivity index (χ0n) is 11.4. The van der Waals surface area contributed by atoms with Crippen LogP contribution < -0.4 is 10.6 Å². The number of piperidine rings is 1. The molecule has 0 unspecified atom stereocenters. The lowest BCUT2D eigenvalue weighted by atomic mass is 9.90. The van der Waals surface area contributed by atoms with E-state index in [1.165, 1.54) is 4.70 Å². The summed E-state index contributed by atoms with van der Waals surface area (Å²) in [5, 5.41) is 9.57. The third kappa shape index (κ3) is 2.97. The molecule has 1 fully saturated rings. The Morgan fingerprint density at radius 1 is 1.30 bits per heavy atom. The number of hydrogen-bond acceptors (Lipinski definition) is 3. The van der Waals surface area contributed by atoms with Crippen LogP contribution in [-0.4, -0.2) is 24.5 Å². The summed E-state index contributed by atoms with van der Waals surface area (Å²) in [5.74, 6) is 0.0573. The lowest BCUT2D eigenvalue weighted by Crippen LogP contribution is -2.52. The second kappa shape index (κ2) is 6.12. The molecule has 20 heavy (non-hydrogen) atoms. The highest BCUT2D eigenvalue weighted by molar-refractivity contribution is 7.17. The van der Waals surface area contributed by atoms with E-state index in [2.05, 4.69) is 23.6 Å². The normalized spacial score (nSPS) is 17.4. The Labute approximate surface area is 129 Å². The monoisotopic (exact) mass is 310 g/mol. The van der Waals surface area contributed by atoms with E-state index in [0.29, 0.717) is 0 Å². The molecule has 1 amide bonds. The van der Waals surface area contributed by atoms with Crippen molar-refractivity contribution in [1.29, 1.82) is 0 Å². The maximum atomic E-state index is 12.5. The molecule has 2 aromatic rings. The number of halogens is 1. The van der Waals surface area contributed by atoms with Gasteiger partial charge in [-0.05, 0) is 38.9 Å². The molecule has 3 rings (SSSR count). The minimum Gasteiger partial charge on any atom is -0.347 e. The van der Waals surface area contributed by atoms with Crippen LogP contribution in [-0.2, 0) is 0 Å². The van der Waals surface area contributed by atoms with Gasteiger partial charge in [0.05, 0.1) is 5.56 Å². The topological polar surface area (TPSA) is 41.1 Å². The Kier molecular flexibility index (Phi) is 4.68. The zero-order chi connectivity index (χ0) is 13.3. The average molecular weight is 311 g/mol. The standard InChI is InChI=1S/C15H18N2OS.ClH/c1-15(6-8-16-9-7-15)17-14(18)12-10-19-13-5-3-2-4-11(12)13;/h2-5,10,16H,6-9H2,1H3,(H,17,18);1H. The van der Waals surface area contributed by atoms with Crippen LogP contribution in [0, 0.1) is 0 Å². The lowest BCUT2D eigenvalue weighted by Gasteiger charge is -2.34. The van der Waals surface area contributed by atoms with Crippen LogP contribution in [0.5, 0.6) is 0 Å². The largest absolute Gasteiger partial charge is 0.347 e. The van der Waals surface area contributed by atoms with Gasteiger partial charge in [0.2, 0.25) is 0 Å². The molecular weight excluding hydrogens is 292 g/mol. The van der Waals surface area contributed by atoms with Crippen molar-refractivity contribution in [3.05, 3.63) is 35.2 Å². The van der Waals surface area contributed by atoms with Crippen LogP contribution in [0.15, 0.2) is 29.6 Å². The van der Waals surface area contributed by atoms with Crippen molar-refractivity contribution in [3.8, 4) is 0 Å². The van der Waals surface area contributed by atoms with Gasteiger partial charge in [0.15, 0.2) is 0 Å². The highest BCUT2D eigenvalue weighted by atomic mass is 35.5. The van der Waals surface area contributed by atoms with Crippen molar-refractivity contribution in [1.82, 2.24) is 10.6 Å². The zero-order valence-corrected chi connectivity index (χ0v) is 13.1. The van der Waals surface area contributed by atoms with Gasteiger partial charge in [0.1, 0.15) is 0 Å². The highest BCUT2D eigenvalue weighted by Crippen LogP contribution is 2.26. The first-order chi connectivity index (χ1) is 9.18. The Hall–Kier alpha value is -1.10. The molecule has 0 atom stereocenters. The fraction of sp³-hybridized carbons (Fsp3) is 0.400. The van der Waals surface area contributed by atoms with Gasteiger partial charge < -0.3 is 10.6 Å². The average Bonchev–Trinajstić information content (AvgIpc) is 2.83. The minimum atomic E-state index is -0.0780. The summed E-state index contributed by atoms with van der Waals surface area (Å²) < 4.78 is 1.17. The molecule has 108 valence electrons. The van der Waals surface area contributed by atoms with Crippen LogP contribution in [0.25, 0.3) is 10.1 Å². The van der Waals surface area contributed by atoms with Crippen molar-refractivity contribution in [2.75, 3.05) is 13.1 Å². The second-order valence-electron chi connectivity index (χ2n) is 5.41. The number of rotatable bonds is 2.